The Morgan fingerprint density at radius 2 is 1.85 bits per heavy atom. The second-order valence-corrected chi connectivity index (χ2v) is 4.67. The smallest absolute Gasteiger partial charge is 0.0718 e. The molecule has 0 saturated carbocycles. The summed E-state index contributed by atoms with van der Waals surface area (Å²) in [6.45, 7) is 13.0. The fourth-order valence-corrected chi connectivity index (χ4v) is 2.22. The van der Waals surface area contributed by atoms with Crippen LogP contribution in [0, 0.1) is 0 Å². The van der Waals surface area contributed by atoms with Gasteiger partial charge in [0.05, 0.1) is 12.7 Å². The molecule has 0 spiro atoms. The monoisotopic (exact) mass is 185 g/mol. The molecule has 2 bridgehead atoms. The minimum atomic E-state index is 0.337. The van der Waals surface area contributed by atoms with Gasteiger partial charge >= 0.3 is 0 Å². The van der Waals surface area contributed by atoms with Gasteiger partial charge in [-0.1, -0.05) is 13.8 Å². The van der Waals surface area contributed by atoms with Gasteiger partial charge in [-0.15, -0.1) is 0 Å². The highest BCUT2D eigenvalue weighted by Crippen LogP contribution is 2.33. The molecular weight excluding hydrogens is 162 g/mol. The fourth-order valence-electron chi connectivity index (χ4n) is 2.22. The SMILES string of the molecule is CC.CC(C)(C)N1CC2CC1CO2. The Labute approximate surface area is 82.3 Å². The first-order valence-corrected chi connectivity index (χ1v) is 5.46. The number of nitrogens with zero attached hydrogens (tertiary/aromatic N) is 1. The van der Waals surface area contributed by atoms with Crippen LogP contribution in [0.2, 0.25) is 0 Å². The van der Waals surface area contributed by atoms with Crippen molar-refractivity contribution in [1.82, 2.24) is 4.90 Å². The highest BCUT2D eigenvalue weighted by atomic mass is 16.5. The van der Waals surface area contributed by atoms with Crippen LogP contribution in [0.15, 0.2) is 0 Å². The third-order valence-corrected chi connectivity index (χ3v) is 2.76. The molecule has 0 aromatic rings. The van der Waals surface area contributed by atoms with Gasteiger partial charge in [0.15, 0.2) is 0 Å². The molecule has 0 aliphatic carbocycles. The second kappa shape index (κ2) is 3.97. The number of hydrogen-bond donors (Lipinski definition) is 0. The molecule has 2 heteroatoms. The quantitative estimate of drug-likeness (QED) is 0.574. The van der Waals surface area contributed by atoms with E-state index in [9.17, 15) is 0 Å². The lowest BCUT2D eigenvalue weighted by atomic mass is 10.1. The topological polar surface area (TPSA) is 12.5 Å². The predicted octanol–water partition coefficient (Wildman–Crippen LogP) is 2.28. The number of rotatable bonds is 0. The van der Waals surface area contributed by atoms with Crippen LogP contribution in [0.4, 0.5) is 0 Å². The molecule has 0 aromatic heterocycles. The summed E-state index contributed by atoms with van der Waals surface area (Å²) in [5, 5.41) is 0. The van der Waals surface area contributed by atoms with Crippen molar-refractivity contribution in [1.29, 1.82) is 0 Å². The summed E-state index contributed by atoms with van der Waals surface area (Å²) in [4.78, 5) is 2.57. The van der Waals surface area contributed by atoms with Crippen molar-refractivity contribution in [2.75, 3.05) is 13.2 Å². The van der Waals surface area contributed by atoms with E-state index in [4.69, 9.17) is 4.74 Å². The average molecular weight is 185 g/mol. The van der Waals surface area contributed by atoms with Gasteiger partial charge in [0.1, 0.15) is 0 Å². The van der Waals surface area contributed by atoms with Gasteiger partial charge in [-0.2, -0.15) is 0 Å². The lowest BCUT2D eigenvalue weighted by Crippen LogP contribution is -2.48. The number of likely N-dealkylation sites (tertiary alicyclic amines) is 1. The molecule has 2 heterocycles. The molecular formula is C11H23NO. The lowest BCUT2D eigenvalue weighted by molar-refractivity contribution is -0.00804. The number of ether oxygens (including phenoxy) is 1. The van der Waals surface area contributed by atoms with Crippen molar-refractivity contribution in [3.05, 3.63) is 0 Å². The highest BCUT2D eigenvalue weighted by Gasteiger charge is 2.43. The van der Waals surface area contributed by atoms with Gasteiger partial charge in [-0.25, -0.2) is 0 Å². The third kappa shape index (κ3) is 2.23. The molecule has 0 aromatic carbocycles. The van der Waals surface area contributed by atoms with Crippen LogP contribution in [0.5, 0.6) is 0 Å². The lowest BCUT2D eigenvalue weighted by Gasteiger charge is -2.38. The van der Waals surface area contributed by atoms with E-state index in [2.05, 4.69) is 25.7 Å². The first kappa shape index (κ1) is 11.0. The maximum atomic E-state index is 5.54. The summed E-state index contributed by atoms with van der Waals surface area (Å²) in [7, 11) is 0. The zero-order chi connectivity index (χ0) is 10.1. The molecule has 2 aliphatic rings. The second-order valence-electron chi connectivity index (χ2n) is 4.67. The van der Waals surface area contributed by atoms with E-state index < -0.39 is 0 Å². The summed E-state index contributed by atoms with van der Waals surface area (Å²) in [5.41, 5.74) is 0.337. The van der Waals surface area contributed by atoms with E-state index in [1.54, 1.807) is 0 Å². The number of hydrogen-bond acceptors (Lipinski definition) is 2. The Morgan fingerprint density at radius 1 is 1.23 bits per heavy atom. The molecule has 0 amide bonds. The minimum Gasteiger partial charge on any atom is -0.375 e. The molecule has 2 fully saturated rings. The van der Waals surface area contributed by atoms with Gasteiger partial charge < -0.3 is 4.74 Å². The van der Waals surface area contributed by atoms with E-state index in [0.717, 1.165) is 13.2 Å². The van der Waals surface area contributed by atoms with E-state index in [0.29, 0.717) is 17.7 Å². The summed E-state index contributed by atoms with van der Waals surface area (Å²) >= 11 is 0. The van der Waals surface area contributed by atoms with Crippen LogP contribution in [-0.2, 0) is 4.74 Å². The Balaban J connectivity index is 0.000000396. The Bertz CT molecular complexity index is 162. The molecule has 2 unspecified atom stereocenters. The molecule has 2 atom stereocenters. The van der Waals surface area contributed by atoms with Crippen molar-refractivity contribution < 1.29 is 4.74 Å². The molecule has 2 saturated heterocycles. The van der Waals surface area contributed by atoms with Gasteiger partial charge in [0, 0.05) is 18.1 Å². The maximum Gasteiger partial charge on any atom is 0.0718 e. The molecule has 0 N–H and O–H groups in total. The van der Waals surface area contributed by atoms with Crippen LogP contribution in [0.25, 0.3) is 0 Å². The van der Waals surface area contributed by atoms with Crippen LogP contribution < -0.4 is 0 Å². The molecule has 78 valence electrons. The Kier molecular flexibility index (Phi) is 3.36. The molecule has 2 rings (SSSR count). The van der Waals surface area contributed by atoms with E-state index in [-0.39, 0.29) is 0 Å². The van der Waals surface area contributed by atoms with Crippen molar-refractivity contribution in [3.63, 3.8) is 0 Å². The van der Waals surface area contributed by atoms with Crippen molar-refractivity contribution in [3.8, 4) is 0 Å². The van der Waals surface area contributed by atoms with Crippen molar-refractivity contribution >= 4 is 0 Å². The largest absolute Gasteiger partial charge is 0.375 e. The highest BCUT2D eigenvalue weighted by molar-refractivity contribution is 4.96. The van der Waals surface area contributed by atoms with Crippen LogP contribution in [-0.4, -0.2) is 35.7 Å². The van der Waals surface area contributed by atoms with E-state index in [1.165, 1.54) is 6.42 Å². The van der Waals surface area contributed by atoms with Crippen LogP contribution >= 0.6 is 0 Å². The number of fused-ring (bicyclic) bond motifs is 2. The van der Waals surface area contributed by atoms with E-state index >= 15 is 0 Å². The van der Waals surface area contributed by atoms with Crippen LogP contribution in [0.1, 0.15) is 41.0 Å². The molecule has 2 aliphatic heterocycles. The summed E-state index contributed by atoms with van der Waals surface area (Å²) < 4.78 is 5.54. The van der Waals surface area contributed by atoms with E-state index in [1.807, 2.05) is 13.8 Å². The fraction of sp³-hybridized carbons (Fsp3) is 1.00. The maximum absolute atomic E-state index is 5.54. The summed E-state index contributed by atoms with van der Waals surface area (Å²) in [6.07, 6.45) is 1.80. The summed E-state index contributed by atoms with van der Waals surface area (Å²) in [5.74, 6) is 0. The van der Waals surface area contributed by atoms with Crippen molar-refractivity contribution in [2.24, 2.45) is 0 Å². The standard InChI is InChI=1S/C9H17NO.C2H6/c1-9(2,3)10-5-8-4-7(10)6-11-8;1-2/h7-8H,4-6H2,1-3H3;1-2H3. The molecule has 2 nitrogen and oxygen atoms in total. The molecule has 13 heavy (non-hydrogen) atoms. The average Bonchev–Trinajstić information content (AvgIpc) is 2.66. The first-order chi connectivity index (χ1) is 6.07. The van der Waals surface area contributed by atoms with Gasteiger partial charge in [0.25, 0.3) is 0 Å². The zero-order valence-electron chi connectivity index (χ0n) is 9.63. The predicted molar refractivity (Wildman–Crippen MR) is 56.0 cm³/mol. The van der Waals surface area contributed by atoms with Crippen molar-refractivity contribution in [2.45, 2.75) is 58.7 Å². The van der Waals surface area contributed by atoms with Gasteiger partial charge in [0.2, 0.25) is 0 Å². The number of morpholine rings is 1. The third-order valence-electron chi connectivity index (χ3n) is 2.76. The zero-order valence-corrected chi connectivity index (χ0v) is 9.63. The van der Waals surface area contributed by atoms with Gasteiger partial charge in [-0.3, -0.25) is 4.90 Å². The first-order valence-electron chi connectivity index (χ1n) is 5.46. The minimum absolute atomic E-state index is 0.337. The van der Waals surface area contributed by atoms with Gasteiger partial charge in [-0.05, 0) is 27.2 Å². The normalized spacial score (nSPS) is 33.0. The van der Waals surface area contributed by atoms with Crippen LogP contribution in [0.3, 0.4) is 0 Å². The Hall–Kier alpha value is -0.0800. The Morgan fingerprint density at radius 3 is 2.08 bits per heavy atom. The summed E-state index contributed by atoms with van der Waals surface area (Å²) in [6, 6.07) is 0.708. The molecule has 0 radical (unpaired) electrons.